The summed E-state index contributed by atoms with van der Waals surface area (Å²) in [6.07, 6.45) is 2.40. The molecule has 0 aliphatic carbocycles. The summed E-state index contributed by atoms with van der Waals surface area (Å²) in [5.41, 5.74) is 1.02. The van der Waals surface area contributed by atoms with Gasteiger partial charge >= 0.3 is 5.97 Å². The molecule has 0 aliphatic heterocycles. The van der Waals surface area contributed by atoms with E-state index < -0.39 is 5.97 Å². The summed E-state index contributed by atoms with van der Waals surface area (Å²) < 4.78 is 0. The van der Waals surface area contributed by atoms with Gasteiger partial charge in [-0.2, -0.15) is 0 Å². The largest absolute Gasteiger partial charge is 0.478 e. The topological polar surface area (TPSA) is 66.4 Å². The van der Waals surface area contributed by atoms with Crippen LogP contribution in [-0.2, 0) is 4.79 Å². The minimum Gasteiger partial charge on any atom is -0.478 e. The minimum atomic E-state index is -1.05. The van der Waals surface area contributed by atoms with Gasteiger partial charge in [-0.3, -0.25) is 4.79 Å². The van der Waals surface area contributed by atoms with Crippen molar-refractivity contribution in [2.24, 2.45) is 11.8 Å². The molecule has 5 heteroatoms. The van der Waals surface area contributed by atoms with Gasteiger partial charge in [-0.25, -0.2) is 4.79 Å². The number of hydrogen-bond donors (Lipinski definition) is 2. The molecule has 1 amide bonds. The van der Waals surface area contributed by atoms with Gasteiger partial charge in [0.1, 0.15) is 0 Å². The fraction of sp³-hybridized carbons (Fsp3) is 0.375. The van der Waals surface area contributed by atoms with Gasteiger partial charge < -0.3 is 10.4 Å². The molecule has 0 spiro atoms. The molecule has 1 rings (SSSR count). The van der Waals surface area contributed by atoms with Crippen molar-refractivity contribution < 1.29 is 14.7 Å². The van der Waals surface area contributed by atoms with Gasteiger partial charge in [0.05, 0.1) is 0 Å². The van der Waals surface area contributed by atoms with Crippen LogP contribution in [0.15, 0.2) is 24.3 Å². The van der Waals surface area contributed by atoms with Crippen molar-refractivity contribution in [1.29, 1.82) is 0 Å². The summed E-state index contributed by atoms with van der Waals surface area (Å²) in [7, 11) is 0. The molecule has 0 aliphatic rings. The second-order valence-electron chi connectivity index (χ2n) is 5.34. The molecule has 0 saturated heterocycles. The average molecular weight is 310 g/mol. The summed E-state index contributed by atoms with van der Waals surface area (Å²) in [6.45, 7) is 6.90. The lowest BCUT2D eigenvalue weighted by molar-refractivity contribution is -0.131. The van der Waals surface area contributed by atoms with Crippen LogP contribution in [0, 0.1) is 11.8 Å². The molecule has 0 radical (unpaired) electrons. The minimum absolute atomic E-state index is 0.182. The molecule has 4 nitrogen and oxygen atoms in total. The Hall–Kier alpha value is -1.81. The monoisotopic (exact) mass is 309 g/mol. The van der Waals surface area contributed by atoms with Gasteiger partial charge in [0, 0.05) is 23.2 Å². The van der Waals surface area contributed by atoms with Crippen molar-refractivity contribution in [1.82, 2.24) is 5.32 Å². The van der Waals surface area contributed by atoms with Crippen LogP contribution in [-0.4, -0.2) is 23.5 Å². The van der Waals surface area contributed by atoms with Gasteiger partial charge in [-0.15, -0.1) is 0 Å². The molecule has 0 saturated carbocycles. The number of nitrogens with one attached hydrogen (secondary N) is 1. The Kier molecular flexibility index (Phi) is 6.43. The SMILES string of the molecule is CC(C)C(C)CNC(=O)c1ccc(/C=C/C(=O)O)c(Cl)c1. The van der Waals surface area contributed by atoms with Crippen LogP contribution in [0.2, 0.25) is 5.02 Å². The van der Waals surface area contributed by atoms with Crippen LogP contribution in [0.4, 0.5) is 0 Å². The number of benzene rings is 1. The lowest BCUT2D eigenvalue weighted by Gasteiger charge is -2.16. The highest BCUT2D eigenvalue weighted by Crippen LogP contribution is 2.19. The quantitative estimate of drug-likeness (QED) is 0.791. The number of carboxylic acids is 1. The molecule has 114 valence electrons. The van der Waals surface area contributed by atoms with E-state index in [9.17, 15) is 9.59 Å². The first-order chi connectivity index (χ1) is 9.81. The Labute approximate surface area is 129 Å². The van der Waals surface area contributed by atoms with Crippen LogP contribution in [0.3, 0.4) is 0 Å². The van der Waals surface area contributed by atoms with Crippen molar-refractivity contribution in [3.8, 4) is 0 Å². The maximum atomic E-state index is 12.0. The van der Waals surface area contributed by atoms with E-state index in [-0.39, 0.29) is 5.91 Å². The first-order valence-electron chi connectivity index (χ1n) is 6.80. The molecular weight excluding hydrogens is 290 g/mol. The summed E-state index contributed by atoms with van der Waals surface area (Å²) in [6, 6.07) is 4.80. The third-order valence-electron chi connectivity index (χ3n) is 3.39. The van der Waals surface area contributed by atoms with Gasteiger partial charge in [-0.1, -0.05) is 38.4 Å². The summed E-state index contributed by atoms with van der Waals surface area (Å²) in [5, 5.41) is 11.8. The Morgan fingerprint density at radius 3 is 2.52 bits per heavy atom. The van der Waals surface area contributed by atoms with E-state index in [2.05, 4.69) is 26.1 Å². The van der Waals surface area contributed by atoms with E-state index in [4.69, 9.17) is 16.7 Å². The van der Waals surface area contributed by atoms with E-state index in [0.717, 1.165) is 6.08 Å². The zero-order valence-electron chi connectivity index (χ0n) is 12.4. The zero-order valence-corrected chi connectivity index (χ0v) is 13.1. The fourth-order valence-electron chi connectivity index (χ4n) is 1.56. The van der Waals surface area contributed by atoms with Crippen LogP contribution < -0.4 is 5.32 Å². The van der Waals surface area contributed by atoms with Crippen LogP contribution in [0.1, 0.15) is 36.7 Å². The van der Waals surface area contributed by atoms with Crippen molar-refractivity contribution in [3.05, 3.63) is 40.4 Å². The highest BCUT2D eigenvalue weighted by atomic mass is 35.5. The Bertz CT molecular complexity index is 552. The lowest BCUT2D eigenvalue weighted by atomic mass is 9.98. The summed E-state index contributed by atoms with van der Waals surface area (Å²) in [5.74, 6) is -0.340. The third kappa shape index (κ3) is 5.60. The molecule has 2 N–H and O–H groups in total. The molecule has 0 aromatic heterocycles. The van der Waals surface area contributed by atoms with Crippen LogP contribution in [0.5, 0.6) is 0 Å². The van der Waals surface area contributed by atoms with Gasteiger partial charge in [0.25, 0.3) is 5.91 Å². The molecule has 0 fully saturated rings. The predicted octanol–water partition coefficient (Wildman–Crippen LogP) is 3.46. The summed E-state index contributed by atoms with van der Waals surface area (Å²) in [4.78, 5) is 22.5. The van der Waals surface area contributed by atoms with E-state index in [0.29, 0.717) is 34.5 Å². The molecular formula is C16H20ClNO3. The number of amides is 1. The number of carboxylic acid groups (broad SMARTS) is 1. The van der Waals surface area contributed by atoms with Crippen molar-refractivity contribution in [3.63, 3.8) is 0 Å². The smallest absolute Gasteiger partial charge is 0.328 e. The molecule has 0 bridgehead atoms. The van der Waals surface area contributed by atoms with Crippen LogP contribution >= 0.6 is 11.6 Å². The number of hydrogen-bond acceptors (Lipinski definition) is 2. The van der Waals surface area contributed by atoms with E-state index in [1.54, 1.807) is 18.2 Å². The molecule has 0 heterocycles. The molecule has 1 aromatic rings. The van der Waals surface area contributed by atoms with Gasteiger partial charge in [-0.05, 0) is 35.6 Å². The number of carbonyl (C=O) groups is 2. The number of halogens is 1. The molecule has 1 aromatic carbocycles. The first-order valence-corrected chi connectivity index (χ1v) is 7.17. The summed E-state index contributed by atoms with van der Waals surface area (Å²) >= 11 is 6.05. The predicted molar refractivity (Wildman–Crippen MR) is 84.5 cm³/mol. The second kappa shape index (κ2) is 7.84. The van der Waals surface area contributed by atoms with E-state index in [1.165, 1.54) is 6.08 Å². The fourth-order valence-corrected chi connectivity index (χ4v) is 1.80. The number of aliphatic carboxylic acids is 1. The number of rotatable bonds is 6. The lowest BCUT2D eigenvalue weighted by Crippen LogP contribution is -2.30. The zero-order chi connectivity index (χ0) is 16.0. The van der Waals surface area contributed by atoms with E-state index in [1.807, 2.05) is 0 Å². The van der Waals surface area contributed by atoms with Crippen molar-refractivity contribution >= 4 is 29.6 Å². The maximum absolute atomic E-state index is 12.0. The highest BCUT2D eigenvalue weighted by molar-refractivity contribution is 6.32. The Morgan fingerprint density at radius 1 is 1.33 bits per heavy atom. The molecule has 21 heavy (non-hydrogen) atoms. The standard InChI is InChI=1S/C16H20ClNO3/c1-10(2)11(3)9-18-16(21)13-5-4-12(14(17)8-13)6-7-15(19)20/h4-8,10-11H,9H2,1-3H3,(H,18,21)(H,19,20)/b7-6+. The van der Waals surface area contributed by atoms with Crippen molar-refractivity contribution in [2.45, 2.75) is 20.8 Å². The van der Waals surface area contributed by atoms with Crippen molar-refractivity contribution in [2.75, 3.05) is 6.54 Å². The third-order valence-corrected chi connectivity index (χ3v) is 3.72. The molecule has 1 atom stereocenters. The van der Waals surface area contributed by atoms with Crippen LogP contribution in [0.25, 0.3) is 6.08 Å². The Morgan fingerprint density at radius 2 is 2.00 bits per heavy atom. The Balaban J connectivity index is 2.74. The van der Waals surface area contributed by atoms with Gasteiger partial charge in [0.2, 0.25) is 0 Å². The second-order valence-corrected chi connectivity index (χ2v) is 5.75. The van der Waals surface area contributed by atoms with E-state index >= 15 is 0 Å². The first kappa shape index (κ1) is 17.2. The normalized spacial score (nSPS) is 12.6. The molecule has 1 unspecified atom stereocenters. The number of carbonyl (C=O) groups excluding carboxylic acids is 1. The average Bonchev–Trinajstić information content (AvgIpc) is 2.42. The van der Waals surface area contributed by atoms with Gasteiger partial charge in [0.15, 0.2) is 0 Å². The maximum Gasteiger partial charge on any atom is 0.328 e. The highest BCUT2D eigenvalue weighted by Gasteiger charge is 2.11.